The molecular formula is C8H5N3O4S. The van der Waals surface area contributed by atoms with Crippen LogP contribution in [0.5, 0.6) is 0 Å². The van der Waals surface area contributed by atoms with Crippen LogP contribution in [-0.4, -0.2) is 24.5 Å². The minimum absolute atomic E-state index is 0.182. The molecule has 2 N–H and O–H groups in total. The number of isocyanates is 1. The molecule has 16 heavy (non-hydrogen) atoms. The maximum Gasteiger partial charge on any atom is 0.323 e. The fourth-order valence-corrected chi connectivity index (χ4v) is 1.98. The molecule has 0 unspecified atom stereocenters. The zero-order valence-electron chi connectivity index (χ0n) is 7.72. The summed E-state index contributed by atoms with van der Waals surface area (Å²) < 4.78 is 25.4. The number of hydrogen-bond donors (Lipinski definition) is 2. The Morgan fingerprint density at radius 2 is 1.88 bits per heavy atom. The number of nitrogens with zero attached hydrogens (tertiary/aromatic N) is 1. The van der Waals surface area contributed by atoms with Crippen molar-refractivity contribution in [3.63, 3.8) is 0 Å². The van der Waals surface area contributed by atoms with Crippen molar-refractivity contribution in [2.24, 2.45) is 4.40 Å². The average molecular weight is 239 g/mol. The molecule has 1 aromatic carbocycles. The van der Waals surface area contributed by atoms with E-state index in [2.05, 4.69) is 14.4 Å². The third kappa shape index (κ3) is 1.67. The van der Waals surface area contributed by atoms with E-state index in [1.807, 2.05) is 0 Å². The highest BCUT2D eigenvalue weighted by molar-refractivity contribution is 7.90. The predicted molar refractivity (Wildman–Crippen MR) is 54.2 cm³/mol. The Kier molecular flexibility index (Phi) is 2.22. The maximum atomic E-state index is 11.4. The van der Waals surface area contributed by atoms with Gasteiger partial charge in [-0.2, -0.15) is 8.42 Å². The van der Waals surface area contributed by atoms with Gasteiger partial charge in [0.15, 0.2) is 0 Å². The molecule has 0 aliphatic carbocycles. The summed E-state index contributed by atoms with van der Waals surface area (Å²) in [5.41, 5.74) is 0.356. The lowest BCUT2D eigenvalue weighted by Crippen LogP contribution is -1.99. The second-order valence-electron chi connectivity index (χ2n) is 2.94. The van der Waals surface area contributed by atoms with Crippen LogP contribution in [0.1, 0.15) is 0 Å². The van der Waals surface area contributed by atoms with Crippen molar-refractivity contribution in [3.8, 4) is 0 Å². The number of imidazole rings is 1. The predicted octanol–water partition coefficient (Wildman–Crippen LogP) is -0.119. The number of rotatable bonds is 2. The number of aromatic nitrogens is 2. The standard InChI is InChI=1S/C8H5N3O4S/c12-4-9-16(14,15)5-1-2-6-7(3-5)11-8(13)10-6/h1-3H,(H2,10,11,13). The summed E-state index contributed by atoms with van der Waals surface area (Å²) in [5.74, 6) is 0. The number of aromatic amines is 2. The highest BCUT2D eigenvalue weighted by atomic mass is 32.2. The van der Waals surface area contributed by atoms with Gasteiger partial charge in [0.25, 0.3) is 16.1 Å². The zero-order chi connectivity index (χ0) is 11.8. The topological polar surface area (TPSA) is 112 Å². The molecule has 0 amide bonds. The normalized spacial score (nSPS) is 11.2. The third-order valence-corrected chi connectivity index (χ3v) is 3.11. The molecule has 1 aromatic heterocycles. The molecule has 2 rings (SSSR count). The molecule has 0 saturated carbocycles. The van der Waals surface area contributed by atoms with E-state index >= 15 is 0 Å². The minimum atomic E-state index is -4.03. The first kappa shape index (κ1) is 10.3. The van der Waals surface area contributed by atoms with E-state index in [4.69, 9.17) is 0 Å². The van der Waals surface area contributed by atoms with Crippen molar-refractivity contribution in [2.45, 2.75) is 4.90 Å². The van der Waals surface area contributed by atoms with E-state index in [-0.39, 0.29) is 4.90 Å². The maximum absolute atomic E-state index is 11.4. The van der Waals surface area contributed by atoms with Gasteiger partial charge in [0, 0.05) is 0 Å². The molecular weight excluding hydrogens is 234 g/mol. The molecule has 0 spiro atoms. The number of sulfonamides is 1. The Labute approximate surface area is 88.9 Å². The second kappa shape index (κ2) is 3.44. The lowest BCUT2D eigenvalue weighted by atomic mass is 10.3. The third-order valence-electron chi connectivity index (χ3n) is 1.94. The summed E-state index contributed by atoms with van der Waals surface area (Å²) in [6.45, 7) is 0. The van der Waals surface area contributed by atoms with Crippen molar-refractivity contribution < 1.29 is 13.2 Å². The summed E-state index contributed by atoms with van der Waals surface area (Å²) in [4.78, 5) is 25.5. The van der Waals surface area contributed by atoms with Crippen LogP contribution in [-0.2, 0) is 14.8 Å². The molecule has 1 heterocycles. The number of nitrogens with one attached hydrogen (secondary N) is 2. The molecule has 0 aliphatic rings. The average Bonchev–Trinajstić information content (AvgIpc) is 2.56. The fraction of sp³-hybridized carbons (Fsp3) is 0. The number of benzene rings is 1. The minimum Gasteiger partial charge on any atom is -0.306 e. The van der Waals surface area contributed by atoms with Gasteiger partial charge in [0.1, 0.15) is 0 Å². The molecule has 82 valence electrons. The van der Waals surface area contributed by atoms with Crippen LogP contribution in [0, 0.1) is 0 Å². The Balaban J connectivity index is 2.72. The van der Waals surface area contributed by atoms with Crippen molar-refractivity contribution in [2.75, 3.05) is 0 Å². The van der Waals surface area contributed by atoms with Gasteiger partial charge in [-0.25, -0.2) is 9.59 Å². The first-order valence-electron chi connectivity index (χ1n) is 4.09. The molecule has 0 atom stereocenters. The van der Waals surface area contributed by atoms with Gasteiger partial charge in [0.2, 0.25) is 0 Å². The first-order valence-corrected chi connectivity index (χ1v) is 5.53. The van der Waals surface area contributed by atoms with E-state index in [1.165, 1.54) is 18.2 Å². The van der Waals surface area contributed by atoms with Crippen molar-refractivity contribution >= 4 is 27.1 Å². The molecule has 0 fully saturated rings. The van der Waals surface area contributed by atoms with Crippen LogP contribution in [0.3, 0.4) is 0 Å². The van der Waals surface area contributed by atoms with Crippen LogP contribution in [0.15, 0.2) is 32.3 Å². The first-order chi connectivity index (χ1) is 7.53. The monoisotopic (exact) mass is 239 g/mol. The van der Waals surface area contributed by atoms with Crippen LogP contribution < -0.4 is 5.69 Å². The van der Waals surface area contributed by atoms with Gasteiger partial charge in [-0.3, -0.25) is 0 Å². The van der Waals surface area contributed by atoms with Gasteiger partial charge in [-0.15, -0.1) is 0 Å². The molecule has 0 radical (unpaired) electrons. The fourth-order valence-electron chi connectivity index (χ4n) is 1.27. The van der Waals surface area contributed by atoms with Gasteiger partial charge in [-0.1, -0.05) is 4.40 Å². The van der Waals surface area contributed by atoms with E-state index < -0.39 is 15.7 Å². The van der Waals surface area contributed by atoms with Crippen molar-refractivity contribution in [3.05, 3.63) is 28.7 Å². The summed E-state index contributed by atoms with van der Waals surface area (Å²) in [7, 11) is -4.03. The second-order valence-corrected chi connectivity index (χ2v) is 4.55. The van der Waals surface area contributed by atoms with Crippen LogP contribution in [0.4, 0.5) is 0 Å². The zero-order valence-corrected chi connectivity index (χ0v) is 8.54. The Morgan fingerprint density at radius 3 is 2.56 bits per heavy atom. The van der Waals surface area contributed by atoms with Crippen LogP contribution in [0.25, 0.3) is 11.0 Å². The highest BCUT2D eigenvalue weighted by Crippen LogP contribution is 2.16. The van der Waals surface area contributed by atoms with Gasteiger partial charge < -0.3 is 9.97 Å². The Bertz CT molecular complexity index is 749. The Morgan fingerprint density at radius 1 is 1.19 bits per heavy atom. The van der Waals surface area contributed by atoms with Gasteiger partial charge in [0.05, 0.1) is 15.9 Å². The van der Waals surface area contributed by atoms with Crippen LogP contribution in [0.2, 0.25) is 0 Å². The molecule has 0 aliphatic heterocycles. The van der Waals surface area contributed by atoms with E-state index in [0.717, 1.165) is 6.08 Å². The molecule has 0 saturated heterocycles. The highest BCUT2D eigenvalue weighted by Gasteiger charge is 2.13. The molecule has 2 aromatic rings. The number of hydrogen-bond acceptors (Lipinski definition) is 4. The van der Waals surface area contributed by atoms with Gasteiger partial charge in [-0.05, 0) is 18.2 Å². The number of fused-ring (bicyclic) bond motifs is 1. The van der Waals surface area contributed by atoms with E-state index in [9.17, 15) is 18.0 Å². The molecule has 0 bridgehead atoms. The quantitative estimate of drug-likeness (QED) is 0.561. The molecule has 8 heteroatoms. The van der Waals surface area contributed by atoms with Crippen molar-refractivity contribution in [1.82, 2.24) is 9.97 Å². The SMILES string of the molecule is O=C=NS(=O)(=O)c1ccc2[nH]c(=O)[nH]c2c1. The number of H-pyrrole nitrogens is 2. The summed E-state index contributed by atoms with van der Waals surface area (Å²) >= 11 is 0. The van der Waals surface area contributed by atoms with E-state index in [0.29, 0.717) is 11.0 Å². The summed E-state index contributed by atoms with van der Waals surface area (Å²) in [6.07, 6.45) is 0.967. The lowest BCUT2D eigenvalue weighted by molar-refractivity contribution is 0.563. The van der Waals surface area contributed by atoms with Gasteiger partial charge >= 0.3 is 5.69 Å². The Hall–Kier alpha value is -2.18. The summed E-state index contributed by atoms with van der Waals surface area (Å²) in [5, 5.41) is 0. The smallest absolute Gasteiger partial charge is 0.306 e. The van der Waals surface area contributed by atoms with Crippen LogP contribution >= 0.6 is 0 Å². The van der Waals surface area contributed by atoms with Crippen molar-refractivity contribution in [1.29, 1.82) is 0 Å². The molecule has 7 nitrogen and oxygen atoms in total. The number of carbonyl (C=O) groups excluding carboxylic acids is 1. The largest absolute Gasteiger partial charge is 0.323 e. The summed E-state index contributed by atoms with van der Waals surface area (Å²) in [6, 6.07) is 3.85. The van der Waals surface area contributed by atoms with E-state index in [1.54, 1.807) is 0 Å². The lowest BCUT2D eigenvalue weighted by Gasteiger charge is -1.95.